The van der Waals surface area contributed by atoms with Crippen LogP contribution in [0.15, 0.2) is 22.6 Å². The zero-order valence-corrected chi connectivity index (χ0v) is 16.4. The predicted octanol–water partition coefficient (Wildman–Crippen LogP) is 2.78. The number of ether oxygens (including phenoxy) is 1. The summed E-state index contributed by atoms with van der Waals surface area (Å²) in [6.45, 7) is 3.60. The number of piperidine rings is 1. The van der Waals surface area contributed by atoms with Gasteiger partial charge in [-0.2, -0.15) is 0 Å². The van der Waals surface area contributed by atoms with E-state index in [9.17, 15) is 8.42 Å². The van der Waals surface area contributed by atoms with Gasteiger partial charge < -0.3 is 9.15 Å². The molecule has 1 fully saturated rings. The van der Waals surface area contributed by atoms with Crippen molar-refractivity contribution < 1.29 is 17.6 Å². The molecular weight excluding hydrogens is 352 g/mol. The average Bonchev–Trinajstić information content (AvgIpc) is 3.05. The Labute approximate surface area is 154 Å². The third-order valence-electron chi connectivity index (χ3n) is 5.99. The SMILES string of the molecule is CCS(=O)(=O)N(C)C1CCN2CCc3c(oc4cc(OC)ccc34)C2C1. The highest BCUT2D eigenvalue weighted by Crippen LogP contribution is 2.43. The number of benzene rings is 1. The lowest BCUT2D eigenvalue weighted by molar-refractivity contribution is 0.0827. The van der Waals surface area contributed by atoms with Crippen LogP contribution in [0.3, 0.4) is 0 Å². The van der Waals surface area contributed by atoms with Crippen LogP contribution in [0.2, 0.25) is 0 Å². The Morgan fingerprint density at radius 3 is 2.88 bits per heavy atom. The van der Waals surface area contributed by atoms with Crippen LogP contribution in [0.4, 0.5) is 0 Å². The summed E-state index contributed by atoms with van der Waals surface area (Å²) < 4.78 is 37.7. The Morgan fingerprint density at radius 1 is 1.35 bits per heavy atom. The number of rotatable bonds is 4. The first-order valence-electron chi connectivity index (χ1n) is 9.23. The molecule has 7 heteroatoms. The minimum absolute atomic E-state index is 0.0231. The molecule has 0 spiro atoms. The third kappa shape index (κ3) is 2.82. The van der Waals surface area contributed by atoms with Gasteiger partial charge in [-0.05, 0) is 38.3 Å². The summed E-state index contributed by atoms with van der Waals surface area (Å²) in [5.74, 6) is 1.94. The monoisotopic (exact) mass is 378 g/mol. The zero-order chi connectivity index (χ0) is 18.5. The van der Waals surface area contributed by atoms with Crippen molar-refractivity contribution in [2.75, 3.05) is 33.0 Å². The van der Waals surface area contributed by atoms with Crippen molar-refractivity contribution in [2.24, 2.45) is 0 Å². The molecule has 2 aliphatic heterocycles. The second-order valence-corrected chi connectivity index (χ2v) is 9.52. The maximum atomic E-state index is 12.3. The van der Waals surface area contributed by atoms with E-state index in [1.807, 2.05) is 12.1 Å². The molecule has 2 aliphatic rings. The molecule has 1 aromatic heterocycles. The van der Waals surface area contributed by atoms with Crippen molar-refractivity contribution in [1.82, 2.24) is 9.21 Å². The van der Waals surface area contributed by atoms with Gasteiger partial charge in [-0.25, -0.2) is 12.7 Å². The van der Waals surface area contributed by atoms with Gasteiger partial charge in [0.1, 0.15) is 17.1 Å². The minimum Gasteiger partial charge on any atom is -0.497 e. The van der Waals surface area contributed by atoms with Crippen molar-refractivity contribution in [3.8, 4) is 5.75 Å². The number of sulfonamides is 1. The van der Waals surface area contributed by atoms with Crippen LogP contribution in [0.5, 0.6) is 5.75 Å². The Morgan fingerprint density at radius 2 is 2.15 bits per heavy atom. The van der Waals surface area contributed by atoms with Gasteiger partial charge in [0.2, 0.25) is 10.0 Å². The Hall–Kier alpha value is -1.57. The molecule has 2 aromatic rings. The molecule has 1 aromatic carbocycles. The van der Waals surface area contributed by atoms with Crippen molar-refractivity contribution >= 4 is 21.0 Å². The van der Waals surface area contributed by atoms with Gasteiger partial charge in [-0.3, -0.25) is 4.90 Å². The highest BCUT2D eigenvalue weighted by atomic mass is 32.2. The molecule has 0 aliphatic carbocycles. The molecule has 0 amide bonds. The van der Waals surface area contributed by atoms with Crippen LogP contribution in [0.1, 0.15) is 37.1 Å². The molecule has 0 bridgehead atoms. The van der Waals surface area contributed by atoms with E-state index in [0.29, 0.717) is 0 Å². The molecule has 3 heterocycles. The second kappa shape index (κ2) is 6.55. The maximum Gasteiger partial charge on any atom is 0.213 e. The number of hydrogen-bond donors (Lipinski definition) is 0. The number of hydrogen-bond acceptors (Lipinski definition) is 5. The predicted molar refractivity (Wildman–Crippen MR) is 101 cm³/mol. The quantitative estimate of drug-likeness (QED) is 0.819. The normalized spacial score (nSPS) is 23.8. The summed E-state index contributed by atoms with van der Waals surface area (Å²) in [4.78, 5) is 2.44. The van der Waals surface area contributed by atoms with Gasteiger partial charge in [0.15, 0.2) is 0 Å². The highest BCUT2D eigenvalue weighted by Gasteiger charge is 2.39. The van der Waals surface area contributed by atoms with E-state index in [1.165, 1.54) is 5.56 Å². The van der Waals surface area contributed by atoms with Gasteiger partial charge in [-0.1, -0.05) is 0 Å². The van der Waals surface area contributed by atoms with Crippen LogP contribution in [-0.2, 0) is 16.4 Å². The minimum atomic E-state index is -3.18. The first kappa shape index (κ1) is 17.8. The standard InChI is InChI=1S/C19H26N2O4S/c1-4-26(22,23)20(2)13-7-9-21-10-8-16-15-6-5-14(24-3)12-18(15)25-19(16)17(21)11-13/h5-6,12-13,17H,4,7-11H2,1-3H3. The summed E-state index contributed by atoms with van der Waals surface area (Å²) >= 11 is 0. The highest BCUT2D eigenvalue weighted by molar-refractivity contribution is 7.89. The smallest absolute Gasteiger partial charge is 0.213 e. The molecule has 26 heavy (non-hydrogen) atoms. The summed E-state index contributed by atoms with van der Waals surface area (Å²) in [7, 11) is 0.190. The molecule has 1 saturated heterocycles. The molecule has 0 N–H and O–H groups in total. The molecule has 4 rings (SSSR count). The zero-order valence-electron chi connectivity index (χ0n) is 15.6. The molecule has 142 valence electrons. The molecule has 0 radical (unpaired) electrons. The summed E-state index contributed by atoms with van der Waals surface area (Å²) in [6, 6.07) is 6.14. The molecule has 2 unspecified atom stereocenters. The fraction of sp³-hybridized carbons (Fsp3) is 0.579. The average molecular weight is 378 g/mol. The van der Waals surface area contributed by atoms with Crippen molar-refractivity contribution in [1.29, 1.82) is 0 Å². The fourth-order valence-corrected chi connectivity index (χ4v) is 5.41. The molecule has 2 atom stereocenters. The number of fused-ring (bicyclic) bond motifs is 5. The van der Waals surface area contributed by atoms with Gasteiger partial charge in [0.25, 0.3) is 0 Å². The fourth-order valence-electron chi connectivity index (χ4n) is 4.36. The summed E-state index contributed by atoms with van der Waals surface area (Å²) in [5.41, 5.74) is 2.12. The van der Waals surface area contributed by atoms with E-state index >= 15 is 0 Å². The van der Waals surface area contributed by atoms with E-state index in [1.54, 1.807) is 25.4 Å². The van der Waals surface area contributed by atoms with Crippen molar-refractivity contribution in [2.45, 2.75) is 38.3 Å². The van der Waals surface area contributed by atoms with Gasteiger partial charge in [0, 0.05) is 43.2 Å². The summed E-state index contributed by atoms with van der Waals surface area (Å²) in [5, 5.41) is 1.15. The van der Waals surface area contributed by atoms with Crippen LogP contribution in [-0.4, -0.2) is 56.7 Å². The van der Waals surface area contributed by atoms with Gasteiger partial charge in [-0.15, -0.1) is 0 Å². The van der Waals surface area contributed by atoms with Crippen molar-refractivity contribution in [3.63, 3.8) is 0 Å². The lowest BCUT2D eigenvalue weighted by Gasteiger charge is -2.43. The van der Waals surface area contributed by atoms with E-state index in [2.05, 4.69) is 11.0 Å². The van der Waals surface area contributed by atoms with Crippen LogP contribution < -0.4 is 4.74 Å². The number of methoxy groups -OCH3 is 1. The van der Waals surface area contributed by atoms with E-state index in [0.717, 1.165) is 54.8 Å². The van der Waals surface area contributed by atoms with Gasteiger partial charge >= 0.3 is 0 Å². The molecule has 0 saturated carbocycles. The topological polar surface area (TPSA) is 63.0 Å². The maximum absolute atomic E-state index is 12.3. The van der Waals surface area contributed by atoms with Crippen LogP contribution >= 0.6 is 0 Å². The molecular formula is C19H26N2O4S. The van der Waals surface area contributed by atoms with Crippen LogP contribution in [0.25, 0.3) is 11.0 Å². The Kier molecular flexibility index (Phi) is 4.49. The van der Waals surface area contributed by atoms with E-state index < -0.39 is 10.0 Å². The number of furan rings is 1. The lowest BCUT2D eigenvalue weighted by Crippen LogP contribution is -2.49. The Bertz CT molecular complexity index is 921. The number of nitrogens with zero attached hydrogens (tertiary/aromatic N) is 2. The largest absolute Gasteiger partial charge is 0.497 e. The first-order chi connectivity index (χ1) is 12.4. The van der Waals surface area contributed by atoms with Crippen LogP contribution in [0, 0.1) is 0 Å². The lowest BCUT2D eigenvalue weighted by atomic mass is 9.89. The first-order valence-corrected chi connectivity index (χ1v) is 10.8. The molecule has 6 nitrogen and oxygen atoms in total. The van der Waals surface area contributed by atoms with E-state index in [-0.39, 0.29) is 17.8 Å². The third-order valence-corrected chi connectivity index (χ3v) is 7.89. The second-order valence-electron chi connectivity index (χ2n) is 7.20. The summed E-state index contributed by atoms with van der Waals surface area (Å²) in [6.07, 6.45) is 2.62. The Balaban J connectivity index is 1.68. The van der Waals surface area contributed by atoms with Crippen molar-refractivity contribution in [3.05, 3.63) is 29.5 Å². The van der Waals surface area contributed by atoms with Gasteiger partial charge in [0.05, 0.1) is 18.9 Å². The van der Waals surface area contributed by atoms with E-state index in [4.69, 9.17) is 9.15 Å².